The van der Waals surface area contributed by atoms with Gasteiger partial charge in [-0.2, -0.15) is 5.10 Å². The van der Waals surface area contributed by atoms with Gasteiger partial charge in [0.05, 0.1) is 47.4 Å². The second-order valence-corrected chi connectivity index (χ2v) is 19.6. The Morgan fingerprint density at radius 3 is 2.42 bits per heavy atom. The smallest absolute Gasteiger partial charge is 0.419 e. The number of rotatable bonds is 11. The minimum atomic E-state index is -1.38. The normalized spacial score (nSPS) is 12.0. The predicted molar refractivity (Wildman–Crippen MR) is 189 cm³/mol. The highest BCUT2D eigenvalue weighted by Crippen LogP contribution is 2.30. The molecule has 2 aromatic carbocycles. The van der Waals surface area contributed by atoms with E-state index >= 15 is 0 Å². The molecule has 0 bridgehead atoms. The zero-order chi connectivity index (χ0) is 34.6. The molecule has 0 aliphatic carbocycles. The van der Waals surface area contributed by atoms with Crippen molar-refractivity contribution < 1.29 is 24.2 Å². The summed E-state index contributed by atoms with van der Waals surface area (Å²) in [6.07, 6.45) is 4.03. The van der Waals surface area contributed by atoms with E-state index in [1.807, 2.05) is 30.3 Å². The van der Waals surface area contributed by atoms with Crippen molar-refractivity contribution in [2.75, 3.05) is 11.9 Å². The number of aliphatic hydroxyl groups is 1. The molecular weight excluding hydrogens is 627 g/mol. The number of aromatic nitrogens is 4. The van der Waals surface area contributed by atoms with Crippen molar-refractivity contribution in [1.82, 2.24) is 18.9 Å². The van der Waals surface area contributed by atoms with Gasteiger partial charge in [0.2, 0.25) is 0 Å². The Balaban J connectivity index is 1.55. The zero-order valence-electron chi connectivity index (χ0n) is 28.3. The van der Waals surface area contributed by atoms with Crippen molar-refractivity contribution in [3.8, 4) is 11.3 Å². The summed E-state index contributed by atoms with van der Waals surface area (Å²) >= 11 is 0. The first-order chi connectivity index (χ1) is 22.7. The van der Waals surface area contributed by atoms with Crippen LogP contribution in [0.2, 0.25) is 25.7 Å². The number of amides is 1. The third-order valence-corrected chi connectivity index (χ3v) is 9.26. The lowest BCUT2D eigenvalue weighted by atomic mass is 10.1. The van der Waals surface area contributed by atoms with E-state index in [0.29, 0.717) is 40.9 Å². The van der Waals surface area contributed by atoms with Crippen molar-refractivity contribution >= 4 is 36.7 Å². The molecule has 48 heavy (non-hydrogen) atoms. The number of ether oxygens (including phenoxy) is 2. The fourth-order valence-electron chi connectivity index (χ4n) is 5.13. The van der Waals surface area contributed by atoms with Crippen LogP contribution in [0.4, 0.5) is 10.5 Å². The van der Waals surface area contributed by atoms with Gasteiger partial charge in [0.15, 0.2) is 0 Å². The summed E-state index contributed by atoms with van der Waals surface area (Å²) in [4.78, 5) is 41.2. The quantitative estimate of drug-likeness (QED) is 0.120. The average Bonchev–Trinajstić information content (AvgIpc) is 3.64. The first-order valence-corrected chi connectivity index (χ1v) is 19.6. The Kier molecular flexibility index (Phi) is 10.2. The van der Waals surface area contributed by atoms with Crippen LogP contribution in [-0.4, -0.2) is 56.3 Å². The largest absolute Gasteiger partial charge is 0.443 e. The number of hydrogen-bond donors (Lipinski definition) is 2. The lowest BCUT2D eigenvalue weighted by Gasteiger charge is -2.21. The standard InChI is InChI=1S/C36H43N5O6Si/c1-36(2,3)47-35(45)41-31-13-12-26(23-42)16-27(31)17-32(41)30-18-29(22-39(34(30)44)24-46-14-15-48(4,5)6)38-33(43)28-19-37-40(21-28)20-25-10-8-7-9-11-25/h7-13,16-19,21-22,42H,14-15,20,23-24H2,1-6H3,(H,38,43). The molecule has 0 atom stereocenters. The third kappa shape index (κ3) is 8.57. The molecule has 11 nitrogen and oxygen atoms in total. The van der Waals surface area contributed by atoms with Gasteiger partial charge in [-0.15, -0.1) is 0 Å². The summed E-state index contributed by atoms with van der Waals surface area (Å²) in [5, 5.41) is 17.7. The highest BCUT2D eigenvalue weighted by Gasteiger charge is 2.25. The lowest BCUT2D eigenvalue weighted by molar-refractivity contribution is 0.0547. The minimum Gasteiger partial charge on any atom is -0.443 e. The molecular formula is C36H43N5O6Si. The van der Waals surface area contributed by atoms with Crippen molar-refractivity contribution in [3.05, 3.63) is 106 Å². The summed E-state index contributed by atoms with van der Waals surface area (Å²) in [5.41, 5.74) is 2.10. The number of pyridine rings is 1. The molecule has 5 aromatic rings. The van der Waals surface area contributed by atoms with Gasteiger partial charge in [-0.3, -0.25) is 18.8 Å². The fourth-order valence-corrected chi connectivity index (χ4v) is 5.89. The van der Waals surface area contributed by atoms with Gasteiger partial charge in [-0.05, 0) is 62.2 Å². The number of nitrogens with zero attached hydrogens (tertiary/aromatic N) is 4. The molecule has 252 valence electrons. The van der Waals surface area contributed by atoms with Crippen molar-refractivity contribution in [1.29, 1.82) is 0 Å². The maximum Gasteiger partial charge on any atom is 0.419 e. The molecule has 0 fully saturated rings. The number of fused-ring (bicyclic) bond motifs is 1. The molecule has 0 radical (unpaired) electrons. The second kappa shape index (κ2) is 14.1. The number of benzene rings is 2. The second-order valence-electron chi connectivity index (χ2n) is 14.0. The van der Waals surface area contributed by atoms with E-state index in [-0.39, 0.29) is 24.6 Å². The Morgan fingerprint density at radius 1 is 0.979 bits per heavy atom. The summed E-state index contributed by atoms with van der Waals surface area (Å²) in [6.45, 7) is 12.8. The topological polar surface area (TPSA) is 130 Å². The maximum atomic E-state index is 14.1. The Morgan fingerprint density at radius 2 is 1.73 bits per heavy atom. The van der Waals surface area contributed by atoms with E-state index in [1.165, 1.54) is 21.5 Å². The molecule has 0 aliphatic rings. The number of anilines is 1. The van der Waals surface area contributed by atoms with E-state index in [2.05, 4.69) is 30.1 Å². The highest BCUT2D eigenvalue weighted by molar-refractivity contribution is 6.76. The third-order valence-electron chi connectivity index (χ3n) is 7.55. The van der Waals surface area contributed by atoms with Crippen LogP contribution in [0.1, 0.15) is 42.3 Å². The molecule has 3 aromatic heterocycles. The van der Waals surface area contributed by atoms with Gasteiger partial charge in [-0.1, -0.05) is 56.0 Å². The van der Waals surface area contributed by atoms with Gasteiger partial charge in [-0.25, -0.2) is 9.36 Å². The van der Waals surface area contributed by atoms with Crippen LogP contribution in [0.25, 0.3) is 22.2 Å². The van der Waals surface area contributed by atoms with Crippen LogP contribution in [0.5, 0.6) is 0 Å². The molecule has 5 rings (SSSR count). The summed E-state index contributed by atoms with van der Waals surface area (Å²) in [5.74, 6) is -0.412. The van der Waals surface area contributed by atoms with Gasteiger partial charge in [0.1, 0.15) is 12.3 Å². The summed E-state index contributed by atoms with van der Waals surface area (Å²) in [6, 6.07) is 19.2. The molecule has 0 unspecified atom stereocenters. The lowest BCUT2D eigenvalue weighted by Crippen LogP contribution is -2.29. The zero-order valence-corrected chi connectivity index (χ0v) is 29.3. The van der Waals surface area contributed by atoms with E-state index < -0.39 is 31.2 Å². The van der Waals surface area contributed by atoms with Gasteiger partial charge < -0.3 is 19.9 Å². The van der Waals surface area contributed by atoms with Crippen LogP contribution < -0.4 is 10.9 Å². The Hall–Kier alpha value is -4.78. The van der Waals surface area contributed by atoms with Crippen LogP contribution >= 0.6 is 0 Å². The molecule has 2 N–H and O–H groups in total. The molecule has 12 heteroatoms. The summed E-state index contributed by atoms with van der Waals surface area (Å²) < 4.78 is 16.1. The van der Waals surface area contributed by atoms with E-state index in [9.17, 15) is 19.5 Å². The first kappa shape index (κ1) is 34.5. The summed E-state index contributed by atoms with van der Waals surface area (Å²) in [7, 11) is -1.38. The molecule has 0 aliphatic heterocycles. The Bertz CT molecular complexity index is 1980. The number of aliphatic hydroxyl groups excluding tert-OH is 1. The SMILES string of the molecule is CC(C)(C)OC(=O)n1c(-c2cc(NC(=O)c3cnn(Cc4ccccc4)c3)cn(COCC[Si](C)(C)C)c2=O)cc2cc(CO)ccc21. The molecule has 1 amide bonds. The number of carbonyl (C=O) groups is 2. The molecule has 0 saturated heterocycles. The van der Waals surface area contributed by atoms with Crippen LogP contribution in [0, 0.1) is 0 Å². The number of hydrogen-bond acceptors (Lipinski definition) is 7. The van der Waals surface area contributed by atoms with Crippen molar-refractivity contribution in [2.45, 2.75) is 71.9 Å². The van der Waals surface area contributed by atoms with E-state index in [0.717, 1.165) is 11.6 Å². The number of carbonyl (C=O) groups excluding carboxylic acids is 2. The monoisotopic (exact) mass is 669 g/mol. The fraction of sp³-hybridized carbons (Fsp3) is 0.333. The predicted octanol–water partition coefficient (Wildman–Crippen LogP) is 6.55. The average molecular weight is 670 g/mol. The van der Waals surface area contributed by atoms with E-state index in [1.54, 1.807) is 62.0 Å². The van der Waals surface area contributed by atoms with Crippen LogP contribution in [0.15, 0.2) is 84.0 Å². The maximum absolute atomic E-state index is 14.1. The van der Waals surface area contributed by atoms with E-state index in [4.69, 9.17) is 9.47 Å². The molecule has 0 spiro atoms. The first-order valence-electron chi connectivity index (χ1n) is 15.9. The van der Waals surface area contributed by atoms with Gasteiger partial charge in [0.25, 0.3) is 11.5 Å². The molecule has 0 saturated carbocycles. The van der Waals surface area contributed by atoms with Gasteiger partial charge >= 0.3 is 6.09 Å². The highest BCUT2D eigenvalue weighted by atomic mass is 28.3. The number of nitrogens with one attached hydrogen (secondary N) is 1. The van der Waals surface area contributed by atoms with Crippen LogP contribution in [-0.2, 0) is 29.4 Å². The van der Waals surface area contributed by atoms with Crippen molar-refractivity contribution in [2.24, 2.45) is 0 Å². The molecule has 3 heterocycles. The van der Waals surface area contributed by atoms with Crippen LogP contribution in [0.3, 0.4) is 0 Å². The minimum absolute atomic E-state index is 0.0453. The van der Waals surface area contributed by atoms with Gasteiger partial charge in [0, 0.05) is 32.5 Å². The van der Waals surface area contributed by atoms with Crippen molar-refractivity contribution in [3.63, 3.8) is 0 Å². The Labute approximate surface area is 280 Å².